The molecule has 0 aromatic carbocycles. The van der Waals surface area contributed by atoms with Crippen molar-refractivity contribution in [2.45, 2.75) is 84.2 Å². The summed E-state index contributed by atoms with van der Waals surface area (Å²) in [5.74, 6) is -2.62. The molecule has 0 heterocycles. The maximum Gasteiger partial charge on any atom is 0.323 e. The summed E-state index contributed by atoms with van der Waals surface area (Å²) in [6.07, 6.45) is 9.16. The Balaban J connectivity index is 4.16. The molecule has 1 unspecified atom stereocenters. The maximum absolute atomic E-state index is 11.5. The summed E-state index contributed by atoms with van der Waals surface area (Å²) in [7, 11) is 1.35. The molecule has 0 aliphatic rings. The van der Waals surface area contributed by atoms with E-state index in [-0.39, 0.29) is 6.42 Å². The molecule has 0 aliphatic heterocycles. The number of ether oxygens (including phenoxy) is 1. The van der Waals surface area contributed by atoms with Gasteiger partial charge < -0.3 is 14.9 Å². The molecule has 0 fully saturated rings. The Bertz CT molecular complexity index is 313. The second-order valence-corrected chi connectivity index (χ2v) is 6.04. The largest absolute Gasteiger partial charge is 0.480 e. The van der Waals surface area contributed by atoms with Gasteiger partial charge in [0.15, 0.2) is 5.41 Å². The molecule has 130 valence electrons. The Morgan fingerprint density at radius 3 is 1.68 bits per heavy atom. The Hall–Kier alpha value is -1.10. The van der Waals surface area contributed by atoms with Crippen LogP contribution in [-0.4, -0.2) is 35.4 Å². The number of carbonyl (C=O) groups is 2. The first-order valence-electron chi connectivity index (χ1n) is 8.43. The molecule has 0 aliphatic carbocycles. The highest BCUT2D eigenvalue weighted by Gasteiger charge is 2.51. The monoisotopic (exact) mass is 316 g/mol. The van der Waals surface area contributed by atoms with E-state index in [1.807, 2.05) is 0 Å². The smallest absolute Gasteiger partial charge is 0.323 e. The van der Waals surface area contributed by atoms with Crippen molar-refractivity contribution in [3.05, 3.63) is 0 Å². The van der Waals surface area contributed by atoms with E-state index in [9.17, 15) is 19.8 Å². The first kappa shape index (κ1) is 20.9. The quantitative estimate of drug-likeness (QED) is 0.372. The predicted molar refractivity (Wildman–Crippen MR) is 86.0 cm³/mol. The highest BCUT2D eigenvalue weighted by molar-refractivity contribution is 5.99. The Morgan fingerprint density at radius 2 is 1.32 bits per heavy atom. The van der Waals surface area contributed by atoms with Gasteiger partial charge in [-0.25, -0.2) is 0 Å². The number of methoxy groups -OCH3 is 1. The van der Waals surface area contributed by atoms with Crippen molar-refractivity contribution in [2.24, 2.45) is 5.41 Å². The molecule has 0 aromatic heterocycles. The van der Waals surface area contributed by atoms with Gasteiger partial charge in [0, 0.05) is 7.11 Å². The van der Waals surface area contributed by atoms with Crippen molar-refractivity contribution in [3.8, 4) is 0 Å². The molecule has 0 aromatic rings. The van der Waals surface area contributed by atoms with Crippen LogP contribution in [0.15, 0.2) is 0 Å². The first-order chi connectivity index (χ1) is 10.4. The molecule has 5 nitrogen and oxygen atoms in total. The number of carboxylic acids is 2. The summed E-state index contributed by atoms with van der Waals surface area (Å²) in [6, 6.07) is 0. The Kier molecular flexibility index (Phi) is 10.9. The molecular formula is C17H32O5. The standard InChI is InChI=1S/C17H32O5/c1-4-5-6-7-8-9-10-11-12-13-17(15(18)19,16(20)21)14(2)22-3/h14H,4-13H2,1-3H3,(H,18,19)(H,20,21). The lowest BCUT2D eigenvalue weighted by Gasteiger charge is -2.30. The minimum atomic E-state index is -1.84. The summed E-state index contributed by atoms with van der Waals surface area (Å²) in [5.41, 5.74) is -1.84. The Morgan fingerprint density at radius 1 is 0.909 bits per heavy atom. The molecule has 0 radical (unpaired) electrons. The molecule has 5 heteroatoms. The van der Waals surface area contributed by atoms with Crippen molar-refractivity contribution < 1.29 is 24.5 Å². The molecule has 2 N–H and O–H groups in total. The van der Waals surface area contributed by atoms with Crippen LogP contribution in [0, 0.1) is 5.41 Å². The van der Waals surface area contributed by atoms with E-state index in [4.69, 9.17) is 4.74 Å². The van der Waals surface area contributed by atoms with Crippen LogP contribution in [-0.2, 0) is 14.3 Å². The van der Waals surface area contributed by atoms with Gasteiger partial charge in [-0.15, -0.1) is 0 Å². The van der Waals surface area contributed by atoms with Crippen LogP contribution in [0.25, 0.3) is 0 Å². The van der Waals surface area contributed by atoms with Gasteiger partial charge in [0.2, 0.25) is 0 Å². The molecule has 22 heavy (non-hydrogen) atoms. The zero-order valence-electron chi connectivity index (χ0n) is 14.3. The topological polar surface area (TPSA) is 83.8 Å². The predicted octanol–water partition coefficient (Wildman–Crippen LogP) is 4.10. The van der Waals surface area contributed by atoms with Gasteiger partial charge in [0.1, 0.15) is 0 Å². The van der Waals surface area contributed by atoms with Gasteiger partial charge in [-0.05, 0) is 13.3 Å². The van der Waals surface area contributed by atoms with Crippen LogP contribution in [0.3, 0.4) is 0 Å². The summed E-state index contributed by atoms with van der Waals surface area (Å²) in [6.45, 7) is 3.70. The third-order valence-corrected chi connectivity index (χ3v) is 4.49. The molecule has 0 rings (SSSR count). The number of hydrogen-bond acceptors (Lipinski definition) is 3. The molecule has 0 bridgehead atoms. The average Bonchev–Trinajstić information content (AvgIpc) is 2.48. The van der Waals surface area contributed by atoms with Gasteiger partial charge in [-0.3, -0.25) is 9.59 Å². The molecular weight excluding hydrogens is 284 g/mol. The molecule has 0 saturated carbocycles. The van der Waals surface area contributed by atoms with Crippen molar-refractivity contribution >= 4 is 11.9 Å². The zero-order valence-corrected chi connectivity index (χ0v) is 14.3. The fourth-order valence-corrected chi connectivity index (χ4v) is 2.77. The van der Waals surface area contributed by atoms with Crippen LogP contribution in [0.4, 0.5) is 0 Å². The van der Waals surface area contributed by atoms with Crippen LogP contribution >= 0.6 is 0 Å². The van der Waals surface area contributed by atoms with Gasteiger partial charge >= 0.3 is 11.9 Å². The summed E-state index contributed by atoms with van der Waals surface area (Å²) in [4.78, 5) is 22.9. The third kappa shape index (κ3) is 6.34. The highest BCUT2D eigenvalue weighted by Crippen LogP contribution is 2.32. The van der Waals surface area contributed by atoms with E-state index in [0.29, 0.717) is 6.42 Å². The molecule has 1 atom stereocenters. The number of unbranched alkanes of at least 4 members (excludes halogenated alkanes) is 8. The number of carboxylic acid groups (broad SMARTS) is 2. The number of rotatable bonds is 14. The normalized spacial score (nSPS) is 13.0. The fraction of sp³-hybridized carbons (Fsp3) is 0.882. The average molecular weight is 316 g/mol. The maximum atomic E-state index is 11.5. The second kappa shape index (κ2) is 11.5. The second-order valence-electron chi connectivity index (χ2n) is 6.04. The summed E-state index contributed by atoms with van der Waals surface area (Å²) >= 11 is 0. The van der Waals surface area contributed by atoms with E-state index in [1.54, 1.807) is 0 Å². The van der Waals surface area contributed by atoms with Crippen molar-refractivity contribution in [3.63, 3.8) is 0 Å². The van der Waals surface area contributed by atoms with Gasteiger partial charge in [-0.2, -0.15) is 0 Å². The highest BCUT2D eigenvalue weighted by atomic mass is 16.5. The first-order valence-corrected chi connectivity index (χ1v) is 8.43. The molecule has 0 spiro atoms. The van der Waals surface area contributed by atoms with Crippen molar-refractivity contribution in [1.82, 2.24) is 0 Å². The van der Waals surface area contributed by atoms with Crippen LogP contribution in [0.1, 0.15) is 78.1 Å². The molecule has 0 amide bonds. The Labute approximate surface area is 134 Å². The van der Waals surface area contributed by atoms with Crippen LogP contribution < -0.4 is 0 Å². The summed E-state index contributed by atoms with van der Waals surface area (Å²) in [5, 5.41) is 18.7. The lowest BCUT2D eigenvalue weighted by Crippen LogP contribution is -2.48. The van der Waals surface area contributed by atoms with Crippen LogP contribution in [0.2, 0.25) is 0 Å². The number of aliphatic carboxylic acids is 2. The van der Waals surface area contributed by atoms with E-state index < -0.39 is 23.5 Å². The lowest BCUT2D eigenvalue weighted by molar-refractivity contribution is -0.175. The van der Waals surface area contributed by atoms with Crippen LogP contribution in [0.5, 0.6) is 0 Å². The lowest BCUT2D eigenvalue weighted by atomic mass is 9.78. The SMILES string of the molecule is CCCCCCCCCCCC(C(=O)O)(C(=O)O)C(C)OC. The van der Waals surface area contributed by atoms with E-state index >= 15 is 0 Å². The van der Waals surface area contributed by atoms with Gasteiger partial charge in [-0.1, -0.05) is 64.7 Å². The van der Waals surface area contributed by atoms with E-state index in [2.05, 4.69) is 6.92 Å². The fourth-order valence-electron chi connectivity index (χ4n) is 2.77. The van der Waals surface area contributed by atoms with E-state index in [1.165, 1.54) is 46.1 Å². The van der Waals surface area contributed by atoms with Gasteiger partial charge in [0.25, 0.3) is 0 Å². The zero-order chi connectivity index (χ0) is 17.0. The van der Waals surface area contributed by atoms with Gasteiger partial charge in [0.05, 0.1) is 6.10 Å². The van der Waals surface area contributed by atoms with Crippen molar-refractivity contribution in [2.75, 3.05) is 7.11 Å². The third-order valence-electron chi connectivity index (χ3n) is 4.49. The summed E-state index contributed by atoms with van der Waals surface area (Å²) < 4.78 is 5.01. The van der Waals surface area contributed by atoms with Crippen molar-refractivity contribution in [1.29, 1.82) is 0 Å². The minimum absolute atomic E-state index is 0.114. The number of hydrogen-bond donors (Lipinski definition) is 2. The minimum Gasteiger partial charge on any atom is -0.480 e. The van der Waals surface area contributed by atoms with E-state index in [0.717, 1.165) is 19.3 Å². The molecule has 0 saturated heterocycles.